The second kappa shape index (κ2) is 5.05. The predicted octanol–water partition coefficient (Wildman–Crippen LogP) is 3.54. The molecule has 0 N–H and O–H groups in total. The van der Waals surface area contributed by atoms with Crippen molar-refractivity contribution >= 4 is 23.2 Å². The summed E-state index contributed by atoms with van der Waals surface area (Å²) in [6.07, 6.45) is 0. The fraction of sp³-hybridized carbons (Fsp3) is 0.0833. The van der Waals surface area contributed by atoms with Gasteiger partial charge in [0.15, 0.2) is 16.6 Å². The van der Waals surface area contributed by atoms with Crippen molar-refractivity contribution in [3.8, 4) is 0 Å². The molecular weight excluding hydrogens is 254 g/mol. The lowest BCUT2D eigenvalue weighted by Crippen LogP contribution is -1.89. The Kier molecular flexibility index (Phi) is 3.47. The molecule has 0 unspecified atom stereocenters. The molecule has 0 aliphatic rings. The summed E-state index contributed by atoms with van der Waals surface area (Å²) in [7, 11) is 0. The number of para-hydroxylation sites is 1. The van der Waals surface area contributed by atoms with E-state index in [-0.39, 0.29) is 17.2 Å². The number of carbonyl (C=O) groups excluding carboxylic acids is 1. The molecule has 0 aliphatic heterocycles. The number of ketones is 1. The SMILES string of the molecule is CC(=O)c1ccc(Sc2ccccc2[N+](=O)[O-])o1. The van der Waals surface area contributed by atoms with E-state index in [0.717, 1.165) is 11.8 Å². The van der Waals surface area contributed by atoms with Crippen molar-refractivity contribution in [3.63, 3.8) is 0 Å². The maximum atomic E-state index is 11.1. The number of hydrogen-bond acceptors (Lipinski definition) is 5. The molecule has 18 heavy (non-hydrogen) atoms. The first-order valence-corrected chi connectivity index (χ1v) is 5.91. The van der Waals surface area contributed by atoms with Crippen molar-refractivity contribution < 1.29 is 14.1 Å². The average molecular weight is 263 g/mol. The number of nitro benzene ring substituents is 1. The Hall–Kier alpha value is -2.08. The Morgan fingerprint density at radius 3 is 2.61 bits per heavy atom. The van der Waals surface area contributed by atoms with Crippen molar-refractivity contribution in [3.05, 3.63) is 52.3 Å². The molecule has 5 nitrogen and oxygen atoms in total. The molecule has 92 valence electrons. The van der Waals surface area contributed by atoms with Crippen molar-refractivity contribution in [1.29, 1.82) is 0 Å². The normalized spacial score (nSPS) is 10.3. The Bertz CT molecular complexity index is 606. The highest BCUT2D eigenvalue weighted by molar-refractivity contribution is 7.99. The Morgan fingerprint density at radius 1 is 1.28 bits per heavy atom. The van der Waals surface area contributed by atoms with E-state index >= 15 is 0 Å². The zero-order chi connectivity index (χ0) is 13.1. The van der Waals surface area contributed by atoms with Gasteiger partial charge in [-0.05, 0) is 30.0 Å². The Balaban J connectivity index is 2.28. The minimum atomic E-state index is -0.447. The van der Waals surface area contributed by atoms with Gasteiger partial charge >= 0.3 is 0 Å². The fourth-order valence-electron chi connectivity index (χ4n) is 1.37. The standard InChI is InChI=1S/C12H9NO4S/c1-8(14)10-6-7-12(17-10)18-11-5-3-2-4-9(11)13(15)16/h2-7H,1H3. The van der Waals surface area contributed by atoms with E-state index in [1.807, 2.05) is 0 Å². The third kappa shape index (κ3) is 2.60. The number of benzene rings is 1. The summed E-state index contributed by atoms with van der Waals surface area (Å²) >= 11 is 1.12. The molecule has 0 atom stereocenters. The van der Waals surface area contributed by atoms with E-state index in [2.05, 4.69) is 0 Å². The van der Waals surface area contributed by atoms with Crippen molar-refractivity contribution in [2.75, 3.05) is 0 Å². The van der Waals surface area contributed by atoms with Crippen LogP contribution in [0.2, 0.25) is 0 Å². The second-order valence-electron chi connectivity index (χ2n) is 3.50. The van der Waals surface area contributed by atoms with Crippen LogP contribution in [0.3, 0.4) is 0 Å². The van der Waals surface area contributed by atoms with Gasteiger partial charge in [-0.3, -0.25) is 14.9 Å². The topological polar surface area (TPSA) is 73.3 Å². The number of Topliss-reactive ketones (excluding diaryl/α,β-unsaturated/α-hetero) is 1. The van der Waals surface area contributed by atoms with Crippen molar-refractivity contribution in [1.82, 2.24) is 0 Å². The first-order valence-electron chi connectivity index (χ1n) is 5.10. The third-order valence-corrected chi connectivity index (χ3v) is 3.19. The molecular formula is C12H9NO4S. The van der Waals surface area contributed by atoms with E-state index in [0.29, 0.717) is 9.99 Å². The van der Waals surface area contributed by atoms with Gasteiger partial charge in [-0.25, -0.2) is 0 Å². The number of nitrogens with zero attached hydrogens (tertiary/aromatic N) is 1. The lowest BCUT2D eigenvalue weighted by molar-refractivity contribution is -0.387. The summed E-state index contributed by atoms with van der Waals surface area (Å²) in [6.45, 7) is 1.40. The average Bonchev–Trinajstić information content (AvgIpc) is 2.78. The molecule has 6 heteroatoms. The fourth-order valence-corrected chi connectivity index (χ4v) is 2.24. The molecule has 0 bridgehead atoms. The van der Waals surface area contributed by atoms with Gasteiger partial charge in [0, 0.05) is 13.0 Å². The third-order valence-electron chi connectivity index (χ3n) is 2.20. The second-order valence-corrected chi connectivity index (χ2v) is 4.55. The summed E-state index contributed by atoms with van der Waals surface area (Å²) in [5.74, 6) is 0.0699. The van der Waals surface area contributed by atoms with Crippen LogP contribution in [0.25, 0.3) is 0 Å². The van der Waals surface area contributed by atoms with Crippen LogP contribution in [0.5, 0.6) is 0 Å². The van der Waals surface area contributed by atoms with Crippen LogP contribution < -0.4 is 0 Å². The zero-order valence-corrected chi connectivity index (χ0v) is 10.3. The first-order chi connectivity index (χ1) is 8.58. The van der Waals surface area contributed by atoms with Gasteiger partial charge in [-0.2, -0.15) is 0 Å². The van der Waals surface area contributed by atoms with Crippen LogP contribution in [0.1, 0.15) is 17.5 Å². The molecule has 0 saturated carbocycles. The maximum absolute atomic E-state index is 11.1. The predicted molar refractivity (Wildman–Crippen MR) is 65.9 cm³/mol. The van der Waals surface area contributed by atoms with Crippen LogP contribution >= 0.6 is 11.8 Å². The molecule has 1 heterocycles. The number of carbonyl (C=O) groups is 1. The van der Waals surface area contributed by atoms with Crippen LogP contribution in [0, 0.1) is 10.1 Å². The van der Waals surface area contributed by atoms with E-state index in [1.54, 1.807) is 30.3 Å². The molecule has 0 saturated heterocycles. The maximum Gasteiger partial charge on any atom is 0.283 e. The Labute approximate surface area is 107 Å². The minimum absolute atomic E-state index is 0.0169. The summed E-state index contributed by atoms with van der Waals surface area (Å²) in [4.78, 5) is 21.9. The van der Waals surface area contributed by atoms with Crippen LogP contribution in [-0.4, -0.2) is 10.7 Å². The molecule has 0 aliphatic carbocycles. The van der Waals surface area contributed by atoms with E-state index < -0.39 is 4.92 Å². The molecule has 0 spiro atoms. The number of nitro groups is 1. The Morgan fingerprint density at radius 2 is 2.00 bits per heavy atom. The van der Waals surface area contributed by atoms with Crippen molar-refractivity contribution in [2.24, 2.45) is 0 Å². The van der Waals surface area contributed by atoms with Crippen LogP contribution in [-0.2, 0) is 0 Å². The highest BCUT2D eigenvalue weighted by atomic mass is 32.2. The first kappa shape index (κ1) is 12.4. The molecule has 2 aromatic rings. The largest absolute Gasteiger partial charge is 0.446 e. The number of furan rings is 1. The van der Waals surface area contributed by atoms with Gasteiger partial charge in [0.2, 0.25) is 0 Å². The smallest absolute Gasteiger partial charge is 0.283 e. The van der Waals surface area contributed by atoms with Gasteiger partial charge in [0.05, 0.1) is 9.82 Å². The monoisotopic (exact) mass is 263 g/mol. The van der Waals surface area contributed by atoms with Crippen molar-refractivity contribution in [2.45, 2.75) is 16.9 Å². The van der Waals surface area contributed by atoms with E-state index in [9.17, 15) is 14.9 Å². The number of rotatable bonds is 4. The highest BCUT2D eigenvalue weighted by Crippen LogP contribution is 2.35. The van der Waals surface area contributed by atoms with Gasteiger partial charge in [-0.15, -0.1) is 0 Å². The summed E-state index contributed by atoms with van der Waals surface area (Å²) < 4.78 is 5.27. The minimum Gasteiger partial charge on any atom is -0.446 e. The number of hydrogen-bond donors (Lipinski definition) is 0. The van der Waals surface area contributed by atoms with Gasteiger partial charge < -0.3 is 4.42 Å². The molecule has 2 rings (SSSR count). The summed E-state index contributed by atoms with van der Waals surface area (Å²) in [6, 6.07) is 9.56. The lowest BCUT2D eigenvalue weighted by atomic mass is 10.3. The zero-order valence-electron chi connectivity index (χ0n) is 9.45. The highest BCUT2D eigenvalue weighted by Gasteiger charge is 2.15. The molecule has 0 amide bonds. The summed E-state index contributed by atoms with van der Waals surface area (Å²) in [5, 5.41) is 11.3. The lowest BCUT2D eigenvalue weighted by Gasteiger charge is -1.99. The van der Waals surface area contributed by atoms with Crippen LogP contribution in [0.15, 0.2) is 50.8 Å². The summed E-state index contributed by atoms with van der Waals surface area (Å²) in [5.41, 5.74) is 0.0169. The van der Waals surface area contributed by atoms with E-state index in [1.165, 1.54) is 13.0 Å². The molecule has 1 aromatic heterocycles. The molecule has 0 fully saturated rings. The van der Waals surface area contributed by atoms with Crippen LogP contribution in [0.4, 0.5) is 5.69 Å². The van der Waals surface area contributed by atoms with Gasteiger partial charge in [0.25, 0.3) is 5.69 Å². The van der Waals surface area contributed by atoms with Gasteiger partial charge in [-0.1, -0.05) is 12.1 Å². The van der Waals surface area contributed by atoms with Gasteiger partial charge in [0.1, 0.15) is 0 Å². The molecule has 1 aromatic carbocycles. The molecule has 0 radical (unpaired) electrons. The quantitative estimate of drug-likeness (QED) is 0.479. The van der Waals surface area contributed by atoms with E-state index in [4.69, 9.17) is 4.42 Å².